The van der Waals surface area contributed by atoms with Crippen molar-refractivity contribution in [3.05, 3.63) is 71.4 Å². The smallest absolute Gasteiger partial charge is 0.170 e. The highest BCUT2D eigenvalue weighted by Gasteiger charge is 2.50. The lowest BCUT2D eigenvalue weighted by Crippen LogP contribution is -2.40. The van der Waals surface area contributed by atoms with Crippen molar-refractivity contribution >= 4 is 16.6 Å². The van der Waals surface area contributed by atoms with Crippen molar-refractivity contribution in [3.63, 3.8) is 0 Å². The summed E-state index contributed by atoms with van der Waals surface area (Å²) < 4.78 is 5.28. The van der Waals surface area contributed by atoms with Gasteiger partial charge in [-0.15, -0.1) is 0 Å². The standard InChI is InChI=1S/C24H24N2O2/c1-23(2)13-22-19(12-17-6-4-5-7-20(17)25-22)24(15-23)14-21(26-28-24)16-8-10-18(27-3)11-9-16/h4-12H,13-15H2,1-3H3/t24-/m1/s1. The normalized spacial score (nSPS) is 22.6. The molecule has 0 radical (unpaired) electrons. The van der Waals surface area contributed by atoms with Crippen LogP contribution in [0.4, 0.5) is 0 Å². The summed E-state index contributed by atoms with van der Waals surface area (Å²) in [7, 11) is 1.68. The Morgan fingerprint density at radius 1 is 1.00 bits per heavy atom. The van der Waals surface area contributed by atoms with Gasteiger partial charge in [0.05, 0.1) is 18.3 Å². The number of aromatic nitrogens is 1. The first-order chi connectivity index (χ1) is 13.5. The van der Waals surface area contributed by atoms with Gasteiger partial charge in [-0.2, -0.15) is 0 Å². The number of methoxy groups -OCH3 is 1. The predicted octanol–water partition coefficient (Wildman–Crippen LogP) is 5.24. The van der Waals surface area contributed by atoms with Crippen molar-refractivity contribution in [2.24, 2.45) is 10.6 Å². The lowest BCUT2D eigenvalue weighted by molar-refractivity contribution is -0.0631. The quantitative estimate of drug-likeness (QED) is 0.618. The minimum atomic E-state index is -0.441. The van der Waals surface area contributed by atoms with Crippen molar-refractivity contribution in [2.75, 3.05) is 7.11 Å². The van der Waals surface area contributed by atoms with Gasteiger partial charge in [0.25, 0.3) is 0 Å². The topological polar surface area (TPSA) is 43.7 Å². The van der Waals surface area contributed by atoms with Crippen LogP contribution in [0.1, 0.15) is 43.5 Å². The van der Waals surface area contributed by atoms with Crippen LogP contribution in [0.5, 0.6) is 5.75 Å². The van der Waals surface area contributed by atoms with E-state index in [0.29, 0.717) is 0 Å². The third-order valence-electron chi connectivity index (χ3n) is 5.91. The Balaban J connectivity index is 1.57. The SMILES string of the molecule is COc1ccc(C2=NO[C@]3(C2)CC(C)(C)Cc2nc4ccccc4cc23)cc1. The maximum absolute atomic E-state index is 6.23. The molecule has 28 heavy (non-hydrogen) atoms. The van der Waals surface area contributed by atoms with Gasteiger partial charge in [0, 0.05) is 29.5 Å². The van der Waals surface area contributed by atoms with E-state index in [1.807, 2.05) is 30.3 Å². The van der Waals surface area contributed by atoms with E-state index in [1.165, 1.54) is 5.56 Å². The Labute approximate surface area is 165 Å². The summed E-state index contributed by atoms with van der Waals surface area (Å²) in [5, 5.41) is 5.69. The highest BCUT2D eigenvalue weighted by Crippen LogP contribution is 2.51. The molecule has 2 aliphatic rings. The number of pyridine rings is 1. The van der Waals surface area contributed by atoms with Gasteiger partial charge in [-0.1, -0.05) is 37.2 Å². The van der Waals surface area contributed by atoms with Gasteiger partial charge < -0.3 is 9.57 Å². The van der Waals surface area contributed by atoms with E-state index < -0.39 is 5.60 Å². The molecule has 4 nitrogen and oxygen atoms in total. The third kappa shape index (κ3) is 2.75. The van der Waals surface area contributed by atoms with E-state index in [4.69, 9.17) is 14.6 Å². The summed E-state index contributed by atoms with van der Waals surface area (Å²) in [4.78, 5) is 11.2. The summed E-state index contributed by atoms with van der Waals surface area (Å²) >= 11 is 0. The molecule has 4 heteroatoms. The molecule has 5 rings (SSSR count). The number of hydrogen-bond acceptors (Lipinski definition) is 4. The van der Waals surface area contributed by atoms with Crippen molar-refractivity contribution in [1.82, 2.24) is 4.98 Å². The first-order valence-electron chi connectivity index (χ1n) is 9.77. The molecule has 1 aromatic heterocycles. The van der Waals surface area contributed by atoms with Crippen LogP contribution >= 0.6 is 0 Å². The van der Waals surface area contributed by atoms with Crippen LogP contribution in [0.3, 0.4) is 0 Å². The van der Waals surface area contributed by atoms with Crippen LogP contribution in [0.15, 0.2) is 59.8 Å². The average molecular weight is 372 g/mol. The molecule has 1 spiro atoms. The Morgan fingerprint density at radius 2 is 1.79 bits per heavy atom. The van der Waals surface area contributed by atoms with Gasteiger partial charge in [0.1, 0.15) is 5.75 Å². The van der Waals surface area contributed by atoms with E-state index >= 15 is 0 Å². The number of benzene rings is 2. The van der Waals surface area contributed by atoms with E-state index in [9.17, 15) is 0 Å². The number of nitrogens with zero attached hydrogens (tertiary/aromatic N) is 2. The fourth-order valence-corrected chi connectivity index (χ4v) is 4.72. The van der Waals surface area contributed by atoms with E-state index in [2.05, 4.69) is 43.3 Å². The van der Waals surface area contributed by atoms with Gasteiger partial charge in [0.2, 0.25) is 0 Å². The molecule has 1 aliphatic carbocycles. The molecule has 0 fully saturated rings. The molecule has 0 bridgehead atoms. The summed E-state index contributed by atoms with van der Waals surface area (Å²) in [6, 6.07) is 18.6. The van der Waals surface area contributed by atoms with Crippen LogP contribution in [0.2, 0.25) is 0 Å². The van der Waals surface area contributed by atoms with Gasteiger partial charge in [0.15, 0.2) is 5.60 Å². The predicted molar refractivity (Wildman–Crippen MR) is 111 cm³/mol. The zero-order valence-electron chi connectivity index (χ0n) is 16.5. The minimum absolute atomic E-state index is 0.104. The summed E-state index contributed by atoms with van der Waals surface area (Å²) in [5.41, 5.74) is 5.11. The van der Waals surface area contributed by atoms with Crippen LogP contribution in [-0.2, 0) is 16.9 Å². The molecular weight excluding hydrogens is 348 g/mol. The van der Waals surface area contributed by atoms with Crippen molar-refractivity contribution < 1.29 is 9.57 Å². The molecule has 142 valence electrons. The molecule has 1 aliphatic heterocycles. The second-order valence-corrected chi connectivity index (χ2v) is 8.72. The monoisotopic (exact) mass is 372 g/mol. The number of fused-ring (bicyclic) bond motifs is 3. The van der Waals surface area contributed by atoms with E-state index in [0.717, 1.165) is 52.9 Å². The Kier molecular flexibility index (Phi) is 3.73. The van der Waals surface area contributed by atoms with Gasteiger partial charge >= 0.3 is 0 Å². The van der Waals surface area contributed by atoms with Gasteiger partial charge in [-0.25, -0.2) is 0 Å². The van der Waals surface area contributed by atoms with Crippen molar-refractivity contribution in [1.29, 1.82) is 0 Å². The number of rotatable bonds is 2. The number of para-hydroxylation sites is 1. The van der Waals surface area contributed by atoms with Gasteiger partial charge in [-0.3, -0.25) is 4.98 Å². The molecule has 1 atom stereocenters. The molecular formula is C24H24N2O2. The van der Waals surface area contributed by atoms with Crippen LogP contribution < -0.4 is 4.74 Å². The zero-order valence-corrected chi connectivity index (χ0v) is 16.5. The molecule has 3 aromatic rings. The largest absolute Gasteiger partial charge is 0.497 e. The number of ether oxygens (including phenoxy) is 1. The molecule has 2 heterocycles. The number of hydrogen-bond donors (Lipinski definition) is 0. The Hall–Kier alpha value is -2.88. The summed E-state index contributed by atoms with van der Waals surface area (Å²) in [6.45, 7) is 4.59. The highest BCUT2D eigenvalue weighted by molar-refractivity contribution is 6.02. The second-order valence-electron chi connectivity index (χ2n) is 8.72. The second kappa shape index (κ2) is 6.06. The van der Waals surface area contributed by atoms with Crippen molar-refractivity contribution in [2.45, 2.75) is 38.7 Å². The minimum Gasteiger partial charge on any atom is -0.497 e. The molecule has 0 saturated carbocycles. The fraction of sp³-hybridized carbons (Fsp3) is 0.333. The molecule has 0 N–H and O–H groups in total. The van der Waals surface area contributed by atoms with Gasteiger partial charge in [-0.05, 0) is 53.8 Å². The summed E-state index contributed by atoms with van der Waals surface area (Å²) in [5.74, 6) is 0.845. The van der Waals surface area contributed by atoms with Crippen molar-refractivity contribution in [3.8, 4) is 5.75 Å². The highest BCUT2D eigenvalue weighted by atomic mass is 16.7. The van der Waals surface area contributed by atoms with E-state index in [1.54, 1.807) is 7.11 Å². The molecule has 0 amide bonds. The van der Waals surface area contributed by atoms with Crippen LogP contribution in [0, 0.1) is 5.41 Å². The average Bonchev–Trinajstić information content (AvgIpc) is 3.10. The molecule has 0 saturated heterocycles. The maximum atomic E-state index is 6.23. The zero-order chi connectivity index (χ0) is 19.4. The molecule has 0 unspecified atom stereocenters. The molecule has 2 aromatic carbocycles. The maximum Gasteiger partial charge on any atom is 0.170 e. The lowest BCUT2D eigenvalue weighted by atomic mass is 9.66. The fourth-order valence-electron chi connectivity index (χ4n) is 4.72. The van der Waals surface area contributed by atoms with Crippen LogP contribution in [0.25, 0.3) is 10.9 Å². The lowest BCUT2D eigenvalue weighted by Gasteiger charge is -2.41. The Morgan fingerprint density at radius 3 is 2.57 bits per heavy atom. The number of oxime groups is 1. The summed E-state index contributed by atoms with van der Waals surface area (Å²) in [6.07, 6.45) is 2.64. The van der Waals surface area contributed by atoms with Crippen LogP contribution in [-0.4, -0.2) is 17.8 Å². The third-order valence-corrected chi connectivity index (χ3v) is 5.91. The first kappa shape index (κ1) is 17.2. The van der Waals surface area contributed by atoms with E-state index in [-0.39, 0.29) is 5.41 Å². The first-order valence-corrected chi connectivity index (χ1v) is 9.77. The Bertz CT molecular complexity index is 1090.